The summed E-state index contributed by atoms with van der Waals surface area (Å²) >= 11 is 0. The number of urea groups is 1. The normalized spacial score (nSPS) is 11.0. The van der Waals surface area contributed by atoms with Gasteiger partial charge >= 0.3 is 12.6 Å². The van der Waals surface area contributed by atoms with Crippen molar-refractivity contribution >= 4 is 11.9 Å². The number of benzene rings is 1. The zero-order chi connectivity index (χ0) is 17.4. The van der Waals surface area contributed by atoms with Gasteiger partial charge in [0.05, 0.1) is 6.54 Å². The smallest absolute Gasteiger partial charge is 0.387 e. The van der Waals surface area contributed by atoms with Crippen molar-refractivity contribution in [2.45, 2.75) is 33.0 Å². The van der Waals surface area contributed by atoms with Gasteiger partial charge in [0.25, 0.3) is 0 Å². The highest BCUT2D eigenvalue weighted by molar-refractivity contribution is 5.95. The van der Waals surface area contributed by atoms with E-state index in [0.717, 1.165) is 5.56 Å². The highest BCUT2D eigenvalue weighted by Gasteiger charge is 2.11. The molecule has 0 unspecified atom stereocenters. The molecule has 0 fully saturated rings. The zero-order valence-corrected chi connectivity index (χ0v) is 13.3. The third-order valence-corrected chi connectivity index (χ3v) is 2.69. The number of hydrogen-bond acceptors (Lipinski definition) is 4. The van der Waals surface area contributed by atoms with Gasteiger partial charge in [0.2, 0.25) is 5.91 Å². The van der Waals surface area contributed by atoms with Crippen molar-refractivity contribution in [1.82, 2.24) is 15.5 Å². The third kappa shape index (κ3) is 8.10. The van der Waals surface area contributed by atoms with Crippen LogP contribution in [0.2, 0.25) is 0 Å². The molecule has 0 bridgehead atoms. The van der Waals surface area contributed by atoms with Crippen LogP contribution in [0.25, 0.3) is 0 Å². The second-order valence-corrected chi connectivity index (χ2v) is 5.37. The molecule has 0 spiro atoms. The van der Waals surface area contributed by atoms with Crippen molar-refractivity contribution in [2.24, 2.45) is 0 Å². The summed E-state index contributed by atoms with van der Waals surface area (Å²) in [5.41, 5.74) is 0.827. The van der Waals surface area contributed by atoms with E-state index < -0.39 is 18.5 Å². The minimum absolute atomic E-state index is 0.0286. The van der Waals surface area contributed by atoms with Crippen LogP contribution >= 0.6 is 0 Å². The average Bonchev–Trinajstić information content (AvgIpc) is 2.38. The summed E-state index contributed by atoms with van der Waals surface area (Å²) in [6.45, 7) is 1.17. The number of likely N-dealkylation sites (N-methyl/N-ethyl adjacent to an activating group) is 1. The quantitative estimate of drug-likeness (QED) is 0.802. The molecular formula is C15H21F2N3O3. The number of nitrogens with zero attached hydrogens (tertiary/aromatic N) is 1. The lowest BCUT2D eigenvalue weighted by atomic mass is 10.2. The Bertz CT molecular complexity index is 521. The second kappa shape index (κ2) is 9.04. The first-order valence-electron chi connectivity index (χ1n) is 7.09. The number of rotatable bonds is 7. The van der Waals surface area contributed by atoms with Crippen molar-refractivity contribution < 1.29 is 23.1 Å². The molecule has 2 N–H and O–H groups in total. The second-order valence-electron chi connectivity index (χ2n) is 5.37. The standard InChI is InChI=1S/C15H21F2N3O3/c1-10(2)18-15(22)19-13(21)9-20(3)8-11-4-6-12(7-5-11)23-14(16)17/h4-7,10,14H,8-9H2,1-3H3,(H2,18,19,21,22). The number of halogens is 2. The van der Waals surface area contributed by atoms with Gasteiger partial charge in [0, 0.05) is 12.6 Å². The van der Waals surface area contributed by atoms with Crippen molar-refractivity contribution in [1.29, 1.82) is 0 Å². The van der Waals surface area contributed by atoms with Crippen molar-refractivity contribution in [3.63, 3.8) is 0 Å². The van der Waals surface area contributed by atoms with Gasteiger partial charge in [0.1, 0.15) is 5.75 Å². The topological polar surface area (TPSA) is 70.7 Å². The average molecular weight is 329 g/mol. The minimum atomic E-state index is -2.86. The summed E-state index contributed by atoms with van der Waals surface area (Å²) in [6.07, 6.45) is 0. The molecule has 1 aromatic carbocycles. The van der Waals surface area contributed by atoms with Crippen LogP contribution in [-0.2, 0) is 11.3 Å². The molecule has 128 valence electrons. The molecule has 0 aliphatic carbocycles. The Morgan fingerprint density at radius 3 is 2.35 bits per heavy atom. The molecule has 0 radical (unpaired) electrons. The highest BCUT2D eigenvalue weighted by atomic mass is 19.3. The number of carbonyl (C=O) groups is 2. The maximum absolute atomic E-state index is 12.1. The van der Waals surface area contributed by atoms with E-state index in [1.54, 1.807) is 37.9 Å². The fourth-order valence-electron chi connectivity index (χ4n) is 1.85. The molecule has 0 atom stereocenters. The number of nitrogens with one attached hydrogen (secondary N) is 2. The third-order valence-electron chi connectivity index (χ3n) is 2.69. The van der Waals surface area contributed by atoms with E-state index in [-0.39, 0.29) is 18.3 Å². The molecule has 8 heteroatoms. The molecule has 3 amide bonds. The maximum Gasteiger partial charge on any atom is 0.387 e. The maximum atomic E-state index is 12.1. The number of ether oxygens (including phenoxy) is 1. The van der Waals surface area contributed by atoms with Gasteiger partial charge in [-0.15, -0.1) is 0 Å². The van der Waals surface area contributed by atoms with Crippen molar-refractivity contribution in [3.05, 3.63) is 29.8 Å². The van der Waals surface area contributed by atoms with E-state index >= 15 is 0 Å². The van der Waals surface area contributed by atoms with Gasteiger partial charge in [-0.2, -0.15) is 8.78 Å². The van der Waals surface area contributed by atoms with Crippen LogP contribution in [0.4, 0.5) is 13.6 Å². The molecule has 23 heavy (non-hydrogen) atoms. The largest absolute Gasteiger partial charge is 0.435 e. The predicted octanol–water partition coefficient (Wildman–Crippen LogP) is 1.95. The molecule has 0 saturated heterocycles. The van der Waals surface area contributed by atoms with Crippen LogP contribution in [-0.4, -0.2) is 43.1 Å². The lowest BCUT2D eigenvalue weighted by Crippen LogP contribution is -2.45. The molecule has 0 aliphatic rings. The Balaban J connectivity index is 2.42. The first kappa shape index (κ1) is 18.8. The highest BCUT2D eigenvalue weighted by Crippen LogP contribution is 2.15. The van der Waals surface area contributed by atoms with E-state index in [4.69, 9.17) is 0 Å². The summed E-state index contributed by atoms with van der Waals surface area (Å²) in [4.78, 5) is 24.8. The summed E-state index contributed by atoms with van der Waals surface area (Å²) in [5.74, 6) is -0.349. The molecule has 0 heterocycles. The van der Waals surface area contributed by atoms with Crippen LogP contribution in [0.1, 0.15) is 19.4 Å². The van der Waals surface area contributed by atoms with Crippen LogP contribution in [0.5, 0.6) is 5.75 Å². The van der Waals surface area contributed by atoms with Gasteiger partial charge in [-0.05, 0) is 38.6 Å². The zero-order valence-electron chi connectivity index (χ0n) is 13.3. The van der Waals surface area contributed by atoms with Gasteiger partial charge in [0.15, 0.2) is 0 Å². The number of carbonyl (C=O) groups excluding carboxylic acids is 2. The van der Waals surface area contributed by atoms with Gasteiger partial charge in [-0.1, -0.05) is 12.1 Å². The molecule has 1 rings (SSSR count). The Labute approximate surface area is 133 Å². The molecular weight excluding hydrogens is 308 g/mol. The van der Waals surface area contributed by atoms with E-state index in [2.05, 4.69) is 15.4 Å². The Morgan fingerprint density at radius 1 is 1.22 bits per heavy atom. The van der Waals surface area contributed by atoms with Crippen LogP contribution in [0.15, 0.2) is 24.3 Å². The first-order valence-corrected chi connectivity index (χ1v) is 7.09. The minimum Gasteiger partial charge on any atom is -0.435 e. The van der Waals surface area contributed by atoms with Gasteiger partial charge < -0.3 is 10.1 Å². The molecule has 6 nitrogen and oxygen atoms in total. The lowest BCUT2D eigenvalue weighted by molar-refractivity contribution is -0.121. The van der Waals surface area contributed by atoms with Crippen LogP contribution in [0.3, 0.4) is 0 Å². The summed E-state index contributed by atoms with van der Waals surface area (Å²) < 4.78 is 28.4. The summed E-state index contributed by atoms with van der Waals surface area (Å²) in [5, 5.41) is 4.78. The Morgan fingerprint density at radius 2 is 1.83 bits per heavy atom. The van der Waals surface area contributed by atoms with Crippen LogP contribution in [0, 0.1) is 0 Å². The molecule has 0 aliphatic heterocycles. The monoisotopic (exact) mass is 329 g/mol. The number of alkyl halides is 2. The SMILES string of the molecule is CC(C)NC(=O)NC(=O)CN(C)Cc1ccc(OC(F)F)cc1. The molecule has 0 saturated carbocycles. The summed E-state index contributed by atoms with van der Waals surface area (Å²) in [6, 6.07) is 5.55. The lowest BCUT2D eigenvalue weighted by Gasteiger charge is -2.17. The first-order chi connectivity index (χ1) is 10.8. The molecule has 0 aromatic heterocycles. The van der Waals surface area contributed by atoms with E-state index in [1.807, 2.05) is 0 Å². The Hall–Kier alpha value is -2.22. The summed E-state index contributed by atoms with van der Waals surface area (Å²) in [7, 11) is 1.71. The molecule has 1 aromatic rings. The number of imide groups is 1. The van der Waals surface area contributed by atoms with E-state index in [0.29, 0.717) is 6.54 Å². The fraction of sp³-hybridized carbons (Fsp3) is 0.467. The van der Waals surface area contributed by atoms with E-state index in [9.17, 15) is 18.4 Å². The van der Waals surface area contributed by atoms with Crippen molar-refractivity contribution in [2.75, 3.05) is 13.6 Å². The van der Waals surface area contributed by atoms with E-state index in [1.165, 1.54) is 12.1 Å². The predicted molar refractivity (Wildman–Crippen MR) is 81.2 cm³/mol. The fourth-order valence-corrected chi connectivity index (χ4v) is 1.85. The number of amides is 3. The Kier molecular flexibility index (Phi) is 7.40. The number of hydrogen-bond donors (Lipinski definition) is 2. The van der Waals surface area contributed by atoms with Gasteiger partial charge in [-0.3, -0.25) is 15.0 Å². The van der Waals surface area contributed by atoms with Crippen LogP contribution < -0.4 is 15.4 Å². The van der Waals surface area contributed by atoms with Gasteiger partial charge in [-0.25, -0.2) is 4.79 Å². The van der Waals surface area contributed by atoms with Crippen molar-refractivity contribution in [3.8, 4) is 5.75 Å².